The quantitative estimate of drug-likeness (QED) is 0.681. The average molecular weight is 213 g/mol. The number of aldehydes is 1. The Labute approximate surface area is 84.9 Å². The first kappa shape index (κ1) is 9.95. The van der Waals surface area contributed by atoms with Gasteiger partial charge in [0.15, 0.2) is 18.6 Å². The number of halogens is 2. The molecule has 0 radical (unpaired) electrons. The number of hydrogen-bond acceptors (Lipinski definition) is 4. The maximum Gasteiger partial charge on any atom is 0.225 e. The summed E-state index contributed by atoms with van der Waals surface area (Å²) in [6.45, 7) is -0.0802. The number of alkyl halides is 2. The molecule has 80 valence electrons. The van der Waals surface area contributed by atoms with Crippen LogP contribution < -0.4 is 4.90 Å². The summed E-state index contributed by atoms with van der Waals surface area (Å²) in [6.07, 6.45) is 0.296. The van der Waals surface area contributed by atoms with Crippen LogP contribution in [0.3, 0.4) is 0 Å². The topological polar surface area (TPSA) is 46.1 Å². The zero-order valence-electron chi connectivity index (χ0n) is 7.81. The molecular formula is C9H9F2N3O. The Morgan fingerprint density at radius 1 is 1.27 bits per heavy atom. The van der Waals surface area contributed by atoms with Crippen molar-refractivity contribution in [3.8, 4) is 0 Å². The summed E-state index contributed by atoms with van der Waals surface area (Å²) in [5.41, 5.74) is 0.339. The number of carbonyl (C=O) groups excluding carboxylic acids is 1. The number of anilines is 1. The van der Waals surface area contributed by atoms with E-state index in [0.717, 1.165) is 0 Å². The van der Waals surface area contributed by atoms with Gasteiger partial charge in [0.05, 0.1) is 18.7 Å². The highest BCUT2D eigenvalue weighted by molar-refractivity contribution is 5.73. The van der Waals surface area contributed by atoms with E-state index in [4.69, 9.17) is 0 Å². The molecule has 4 nitrogen and oxygen atoms in total. The molecular weight excluding hydrogens is 204 g/mol. The van der Waals surface area contributed by atoms with Gasteiger partial charge < -0.3 is 4.90 Å². The lowest BCUT2D eigenvalue weighted by atomic mass is 10.3. The monoisotopic (exact) mass is 213 g/mol. The van der Waals surface area contributed by atoms with Crippen LogP contribution in [0.4, 0.5) is 14.7 Å². The second kappa shape index (κ2) is 3.88. The molecule has 1 saturated heterocycles. The second-order valence-corrected chi connectivity index (χ2v) is 3.37. The zero-order valence-corrected chi connectivity index (χ0v) is 7.81. The van der Waals surface area contributed by atoms with Gasteiger partial charge in [0.1, 0.15) is 0 Å². The minimum atomic E-state index is -1.49. The van der Waals surface area contributed by atoms with Gasteiger partial charge in [0.2, 0.25) is 5.95 Å². The number of hydrogen-bond donors (Lipinski definition) is 0. The van der Waals surface area contributed by atoms with E-state index in [0.29, 0.717) is 11.8 Å². The van der Waals surface area contributed by atoms with Gasteiger partial charge in [-0.15, -0.1) is 0 Å². The van der Waals surface area contributed by atoms with Crippen molar-refractivity contribution in [2.75, 3.05) is 18.0 Å². The number of nitrogens with zero attached hydrogens (tertiary/aromatic N) is 3. The van der Waals surface area contributed by atoms with Crippen LogP contribution in [0.25, 0.3) is 0 Å². The van der Waals surface area contributed by atoms with Crippen LogP contribution in [0.15, 0.2) is 12.4 Å². The fourth-order valence-corrected chi connectivity index (χ4v) is 1.44. The van der Waals surface area contributed by atoms with Gasteiger partial charge in [0, 0.05) is 12.4 Å². The van der Waals surface area contributed by atoms with E-state index in [1.54, 1.807) is 0 Å². The SMILES string of the molecule is O=Cc1cnc(N2CC(F)C(F)C2)nc1. The number of rotatable bonds is 2. The molecule has 0 spiro atoms. The molecule has 2 heterocycles. The highest BCUT2D eigenvalue weighted by atomic mass is 19.2. The summed E-state index contributed by atoms with van der Waals surface area (Å²) < 4.78 is 25.7. The van der Waals surface area contributed by atoms with Crippen LogP contribution in [0.5, 0.6) is 0 Å². The Kier molecular flexibility index (Phi) is 2.57. The second-order valence-electron chi connectivity index (χ2n) is 3.37. The first-order valence-corrected chi connectivity index (χ1v) is 4.51. The summed E-state index contributed by atoms with van der Waals surface area (Å²) in [4.78, 5) is 19.5. The van der Waals surface area contributed by atoms with Crippen LogP contribution in [0, 0.1) is 0 Å². The number of aromatic nitrogens is 2. The maximum absolute atomic E-state index is 12.9. The van der Waals surface area contributed by atoms with Crippen LogP contribution in [0.2, 0.25) is 0 Å². The fraction of sp³-hybridized carbons (Fsp3) is 0.444. The highest BCUT2D eigenvalue weighted by Crippen LogP contribution is 2.20. The van der Waals surface area contributed by atoms with Gasteiger partial charge in [-0.05, 0) is 0 Å². The maximum atomic E-state index is 12.9. The Morgan fingerprint density at radius 2 is 1.80 bits per heavy atom. The lowest BCUT2D eigenvalue weighted by Gasteiger charge is -2.13. The molecule has 0 aliphatic carbocycles. The molecule has 1 aliphatic heterocycles. The van der Waals surface area contributed by atoms with E-state index in [-0.39, 0.29) is 19.0 Å². The van der Waals surface area contributed by atoms with Gasteiger partial charge in [-0.2, -0.15) is 0 Å². The van der Waals surface area contributed by atoms with Crippen molar-refractivity contribution in [2.24, 2.45) is 0 Å². The predicted octanol–water partition coefficient (Wildman–Crippen LogP) is 0.785. The molecule has 1 fully saturated rings. The molecule has 1 aromatic heterocycles. The van der Waals surface area contributed by atoms with Crippen LogP contribution >= 0.6 is 0 Å². The molecule has 0 N–H and O–H groups in total. The van der Waals surface area contributed by atoms with E-state index in [2.05, 4.69) is 9.97 Å². The smallest absolute Gasteiger partial charge is 0.225 e. The normalized spacial score (nSPS) is 25.6. The fourth-order valence-electron chi connectivity index (χ4n) is 1.44. The molecule has 0 saturated carbocycles. The molecule has 2 unspecified atom stereocenters. The zero-order chi connectivity index (χ0) is 10.8. The molecule has 0 bridgehead atoms. The Morgan fingerprint density at radius 3 is 2.27 bits per heavy atom. The van der Waals surface area contributed by atoms with Crippen LogP contribution in [-0.4, -0.2) is 41.7 Å². The molecule has 15 heavy (non-hydrogen) atoms. The summed E-state index contributed by atoms with van der Waals surface area (Å²) in [5.74, 6) is 0.253. The summed E-state index contributed by atoms with van der Waals surface area (Å²) in [6, 6.07) is 0. The third-order valence-electron chi connectivity index (χ3n) is 2.26. The van der Waals surface area contributed by atoms with Crippen molar-refractivity contribution in [2.45, 2.75) is 12.3 Å². The van der Waals surface area contributed by atoms with Crippen molar-refractivity contribution >= 4 is 12.2 Å². The van der Waals surface area contributed by atoms with E-state index < -0.39 is 12.3 Å². The minimum absolute atomic E-state index is 0.0401. The molecule has 2 atom stereocenters. The average Bonchev–Trinajstić information content (AvgIpc) is 2.59. The van der Waals surface area contributed by atoms with Crippen LogP contribution in [0.1, 0.15) is 10.4 Å². The minimum Gasteiger partial charge on any atom is -0.335 e. The molecule has 0 aromatic carbocycles. The van der Waals surface area contributed by atoms with Crippen molar-refractivity contribution < 1.29 is 13.6 Å². The van der Waals surface area contributed by atoms with Gasteiger partial charge >= 0.3 is 0 Å². The lowest BCUT2D eigenvalue weighted by molar-refractivity contribution is 0.112. The Bertz CT molecular complexity index is 347. The van der Waals surface area contributed by atoms with Gasteiger partial charge in [-0.3, -0.25) is 4.79 Å². The largest absolute Gasteiger partial charge is 0.335 e. The van der Waals surface area contributed by atoms with Crippen molar-refractivity contribution in [3.63, 3.8) is 0 Å². The standard InChI is InChI=1S/C9H9F2N3O/c10-7-3-14(4-8(7)11)9-12-1-6(5-15)2-13-9/h1-2,5,7-8H,3-4H2. The Hall–Kier alpha value is -1.59. The summed E-state index contributed by atoms with van der Waals surface area (Å²) in [5, 5.41) is 0. The lowest BCUT2D eigenvalue weighted by Crippen LogP contribution is -2.22. The van der Waals surface area contributed by atoms with Gasteiger partial charge in [0.25, 0.3) is 0 Å². The number of carbonyl (C=O) groups is 1. The predicted molar refractivity (Wildman–Crippen MR) is 49.4 cm³/mol. The summed E-state index contributed by atoms with van der Waals surface area (Å²) >= 11 is 0. The highest BCUT2D eigenvalue weighted by Gasteiger charge is 2.33. The van der Waals surface area contributed by atoms with Crippen molar-refractivity contribution in [1.29, 1.82) is 0 Å². The Balaban J connectivity index is 2.13. The van der Waals surface area contributed by atoms with Crippen molar-refractivity contribution in [3.05, 3.63) is 18.0 Å². The van der Waals surface area contributed by atoms with E-state index in [9.17, 15) is 13.6 Å². The third kappa shape index (κ3) is 1.93. The van der Waals surface area contributed by atoms with Gasteiger partial charge in [-0.1, -0.05) is 0 Å². The van der Waals surface area contributed by atoms with Crippen molar-refractivity contribution in [1.82, 2.24) is 9.97 Å². The van der Waals surface area contributed by atoms with E-state index in [1.807, 2.05) is 0 Å². The van der Waals surface area contributed by atoms with Crippen LogP contribution in [-0.2, 0) is 0 Å². The van der Waals surface area contributed by atoms with Gasteiger partial charge in [-0.25, -0.2) is 18.7 Å². The molecule has 1 aliphatic rings. The first-order chi connectivity index (χ1) is 7.20. The molecule has 0 amide bonds. The first-order valence-electron chi connectivity index (χ1n) is 4.51. The third-order valence-corrected chi connectivity index (χ3v) is 2.26. The summed E-state index contributed by atoms with van der Waals surface area (Å²) in [7, 11) is 0. The molecule has 6 heteroatoms. The van der Waals surface area contributed by atoms with E-state index in [1.165, 1.54) is 17.3 Å². The molecule has 2 rings (SSSR count). The van der Waals surface area contributed by atoms with E-state index >= 15 is 0 Å². The molecule has 1 aromatic rings.